The molecule has 34 heavy (non-hydrogen) atoms. The van der Waals surface area contributed by atoms with E-state index in [2.05, 4.69) is 6.92 Å². The van der Waals surface area contributed by atoms with Crippen LogP contribution in [0.1, 0.15) is 51.9 Å². The van der Waals surface area contributed by atoms with E-state index in [4.69, 9.17) is 38.3 Å². The maximum absolute atomic E-state index is 8.56. The molecule has 0 amide bonds. The molecule has 206 valence electrons. The van der Waals surface area contributed by atoms with Crippen molar-refractivity contribution in [3.8, 4) is 0 Å². The third-order valence-corrected chi connectivity index (χ3v) is 5.76. The topological polar surface area (TPSA) is 84.8 Å². The molecule has 0 bridgehead atoms. The smallest absolute Gasteiger partial charge is 0.0701 e. The molecular weight excluding hydrogens is 460 g/mol. The van der Waals surface area contributed by atoms with Crippen LogP contribution in [0.25, 0.3) is 0 Å². The van der Waals surface area contributed by atoms with Gasteiger partial charge in [0, 0.05) is 5.75 Å². The number of rotatable bonds is 31. The predicted octanol–water partition coefficient (Wildman–Crippen LogP) is 3.58. The number of thioether (sulfide) groups is 1. The Bertz CT molecular complexity index is 321. The summed E-state index contributed by atoms with van der Waals surface area (Å²) in [6.07, 6.45) is 9.61. The number of aliphatic hydroxyl groups is 1. The van der Waals surface area contributed by atoms with Crippen molar-refractivity contribution in [2.45, 2.75) is 51.9 Å². The fourth-order valence-electron chi connectivity index (χ4n) is 2.87. The van der Waals surface area contributed by atoms with Gasteiger partial charge in [0.05, 0.1) is 99.1 Å². The zero-order valence-electron chi connectivity index (χ0n) is 21.7. The Hall–Kier alpha value is 0.0300. The first-order chi connectivity index (χ1) is 16.9. The lowest BCUT2D eigenvalue weighted by Crippen LogP contribution is -2.14. The van der Waals surface area contributed by atoms with Crippen LogP contribution in [0.4, 0.5) is 0 Å². The standard InChI is InChI=1S/C25H52O8S/c1-2-3-4-5-6-7-8-24-34-25-23-33-22-21-32-20-19-31-18-17-30-16-15-29-14-13-28-12-11-27-10-9-26/h26H,2-25H2,1H3. The Kier molecular flexibility index (Phi) is 33.1. The van der Waals surface area contributed by atoms with Gasteiger partial charge in [0.15, 0.2) is 0 Å². The van der Waals surface area contributed by atoms with Crippen molar-refractivity contribution in [2.75, 3.05) is 111 Å². The zero-order chi connectivity index (χ0) is 24.6. The molecular formula is C25H52O8S. The lowest BCUT2D eigenvalue weighted by molar-refractivity contribution is -0.0211. The number of aliphatic hydroxyl groups excluding tert-OH is 1. The van der Waals surface area contributed by atoms with Gasteiger partial charge in [-0.15, -0.1) is 0 Å². The quantitative estimate of drug-likeness (QED) is 0.140. The van der Waals surface area contributed by atoms with Gasteiger partial charge in [-0.05, 0) is 12.2 Å². The van der Waals surface area contributed by atoms with Gasteiger partial charge in [-0.25, -0.2) is 0 Å². The first kappa shape index (κ1) is 34.0. The van der Waals surface area contributed by atoms with Crippen LogP contribution >= 0.6 is 11.8 Å². The summed E-state index contributed by atoms with van der Waals surface area (Å²) in [5, 5.41) is 8.56. The van der Waals surface area contributed by atoms with Crippen LogP contribution in [0.2, 0.25) is 0 Å². The third kappa shape index (κ3) is 32.0. The zero-order valence-corrected chi connectivity index (χ0v) is 22.5. The second kappa shape index (κ2) is 33.0. The number of hydrogen-bond donors (Lipinski definition) is 1. The highest BCUT2D eigenvalue weighted by Gasteiger charge is 1.96. The van der Waals surface area contributed by atoms with Crippen molar-refractivity contribution >= 4 is 11.8 Å². The van der Waals surface area contributed by atoms with Crippen molar-refractivity contribution in [1.82, 2.24) is 0 Å². The van der Waals surface area contributed by atoms with Crippen LogP contribution in [0, 0.1) is 0 Å². The maximum Gasteiger partial charge on any atom is 0.0701 e. The summed E-state index contributed by atoms with van der Waals surface area (Å²) in [7, 11) is 0. The summed E-state index contributed by atoms with van der Waals surface area (Å²) in [5.74, 6) is 2.32. The molecule has 0 heterocycles. The molecule has 0 aromatic heterocycles. The first-order valence-electron chi connectivity index (χ1n) is 13.1. The molecule has 9 heteroatoms. The van der Waals surface area contributed by atoms with Crippen LogP contribution in [-0.4, -0.2) is 116 Å². The molecule has 8 nitrogen and oxygen atoms in total. The fraction of sp³-hybridized carbons (Fsp3) is 1.00. The summed E-state index contributed by atoms with van der Waals surface area (Å²) in [4.78, 5) is 0. The van der Waals surface area contributed by atoms with Crippen LogP contribution in [0.3, 0.4) is 0 Å². The predicted molar refractivity (Wildman–Crippen MR) is 138 cm³/mol. The minimum atomic E-state index is 0.0380. The fourth-order valence-corrected chi connectivity index (χ4v) is 3.72. The van der Waals surface area contributed by atoms with E-state index in [1.165, 1.54) is 50.7 Å². The van der Waals surface area contributed by atoms with E-state index in [-0.39, 0.29) is 6.61 Å². The lowest BCUT2D eigenvalue weighted by atomic mass is 10.1. The Balaban J connectivity index is 2.99. The number of hydrogen-bond acceptors (Lipinski definition) is 9. The molecule has 0 aliphatic carbocycles. The second-order valence-electron chi connectivity index (χ2n) is 7.74. The largest absolute Gasteiger partial charge is 0.394 e. The highest BCUT2D eigenvalue weighted by molar-refractivity contribution is 7.99. The van der Waals surface area contributed by atoms with E-state index < -0.39 is 0 Å². The molecule has 0 aromatic carbocycles. The van der Waals surface area contributed by atoms with Gasteiger partial charge < -0.3 is 38.3 Å². The van der Waals surface area contributed by atoms with Crippen molar-refractivity contribution < 1.29 is 38.3 Å². The van der Waals surface area contributed by atoms with Crippen molar-refractivity contribution in [3.63, 3.8) is 0 Å². The molecule has 0 saturated heterocycles. The summed E-state index contributed by atoms with van der Waals surface area (Å²) >= 11 is 1.99. The van der Waals surface area contributed by atoms with Gasteiger partial charge in [-0.1, -0.05) is 45.4 Å². The molecule has 0 radical (unpaired) electrons. The molecule has 0 aliphatic heterocycles. The molecule has 0 unspecified atom stereocenters. The second-order valence-corrected chi connectivity index (χ2v) is 8.97. The molecule has 1 N–H and O–H groups in total. The molecule has 0 atom stereocenters. The van der Waals surface area contributed by atoms with Gasteiger partial charge in [0.1, 0.15) is 0 Å². The normalized spacial score (nSPS) is 11.5. The Morgan fingerprint density at radius 1 is 0.412 bits per heavy atom. The number of ether oxygens (including phenoxy) is 7. The van der Waals surface area contributed by atoms with Gasteiger partial charge in [-0.2, -0.15) is 11.8 Å². The SMILES string of the molecule is CCCCCCCCCSCCOCCOCCOCCOCCOCCOCCOCCO. The minimum Gasteiger partial charge on any atom is -0.394 e. The lowest BCUT2D eigenvalue weighted by Gasteiger charge is -2.08. The Labute approximate surface area is 212 Å². The van der Waals surface area contributed by atoms with Crippen LogP contribution < -0.4 is 0 Å². The average molecular weight is 513 g/mol. The molecule has 0 fully saturated rings. The van der Waals surface area contributed by atoms with Gasteiger partial charge >= 0.3 is 0 Å². The molecule has 0 saturated carbocycles. The van der Waals surface area contributed by atoms with Crippen LogP contribution in [0.5, 0.6) is 0 Å². The van der Waals surface area contributed by atoms with Crippen LogP contribution in [0.15, 0.2) is 0 Å². The van der Waals surface area contributed by atoms with Crippen molar-refractivity contribution in [3.05, 3.63) is 0 Å². The maximum atomic E-state index is 8.56. The minimum absolute atomic E-state index is 0.0380. The third-order valence-electron chi connectivity index (χ3n) is 4.73. The van der Waals surface area contributed by atoms with Gasteiger partial charge in [0.25, 0.3) is 0 Å². The monoisotopic (exact) mass is 512 g/mol. The highest BCUT2D eigenvalue weighted by atomic mass is 32.2. The molecule has 0 aliphatic rings. The summed E-state index contributed by atoms with van der Waals surface area (Å²) in [6, 6.07) is 0. The first-order valence-corrected chi connectivity index (χ1v) is 14.3. The summed E-state index contributed by atoms with van der Waals surface area (Å²) in [5.41, 5.74) is 0. The van der Waals surface area contributed by atoms with Gasteiger partial charge in [0.2, 0.25) is 0 Å². The van der Waals surface area contributed by atoms with E-state index in [0.717, 1.165) is 12.4 Å². The highest BCUT2D eigenvalue weighted by Crippen LogP contribution is 2.10. The molecule has 0 spiro atoms. The molecule has 0 rings (SSSR count). The summed E-state index contributed by atoms with van der Waals surface area (Å²) in [6.45, 7) is 10.0. The Morgan fingerprint density at radius 2 is 0.765 bits per heavy atom. The number of unbranched alkanes of at least 4 members (excludes halogenated alkanes) is 6. The van der Waals surface area contributed by atoms with E-state index >= 15 is 0 Å². The van der Waals surface area contributed by atoms with Crippen LogP contribution in [-0.2, 0) is 33.2 Å². The van der Waals surface area contributed by atoms with Crippen molar-refractivity contribution in [1.29, 1.82) is 0 Å². The van der Waals surface area contributed by atoms with E-state index in [9.17, 15) is 0 Å². The summed E-state index contributed by atoms with van der Waals surface area (Å²) < 4.78 is 37.8. The van der Waals surface area contributed by atoms with Gasteiger partial charge in [-0.3, -0.25) is 0 Å². The average Bonchev–Trinajstić information content (AvgIpc) is 2.85. The Morgan fingerprint density at radius 3 is 1.18 bits per heavy atom. The molecule has 0 aromatic rings. The van der Waals surface area contributed by atoms with E-state index in [0.29, 0.717) is 85.9 Å². The van der Waals surface area contributed by atoms with E-state index in [1.807, 2.05) is 11.8 Å². The van der Waals surface area contributed by atoms with E-state index in [1.54, 1.807) is 0 Å². The van der Waals surface area contributed by atoms with Crippen molar-refractivity contribution in [2.24, 2.45) is 0 Å².